The number of hydrogen-bond donors (Lipinski definition) is 1. The molecule has 0 spiro atoms. The van der Waals surface area contributed by atoms with Gasteiger partial charge in [0.2, 0.25) is 0 Å². The predicted octanol–water partition coefficient (Wildman–Crippen LogP) is 4.04. The van der Waals surface area contributed by atoms with E-state index in [1.165, 1.54) is 12.8 Å². The lowest BCUT2D eigenvalue weighted by Gasteiger charge is -2.21. The Morgan fingerprint density at radius 3 is 2.53 bits per heavy atom. The summed E-state index contributed by atoms with van der Waals surface area (Å²) >= 11 is 0. The molecule has 0 aromatic heterocycles. The summed E-state index contributed by atoms with van der Waals surface area (Å²) in [6.07, 6.45) is 7.20. The van der Waals surface area contributed by atoms with Crippen LogP contribution in [-0.2, 0) is 4.74 Å². The van der Waals surface area contributed by atoms with Crippen molar-refractivity contribution >= 4 is 6.09 Å². The summed E-state index contributed by atoms with van der Waals surface area (Å²) in [4.78, 5) is 11.5. The maximum absolute atomic E-state index is 11.5. The standard InChI is InChI=1S/C14H27NO2/c1-6-7-8-9-10-11-12(2)15-13(16)17-14(3,4)5/h6,12H,1,7-11H2,2-5H3,(H,15,16)/t12-/m1/s1. The van der Waals surface area contributed by atoms with Crippen molar-refractivity contribution in [1.29, 1.82) is 0 Å². The molecule has 0 aliphatic carbocycles. The smallest absolute Gasteiger partial charge is 0.407 e. The van der Waals surface area contributed by atoms with Gasteiger partial charge in [0.15, 0.2) is 0 Å². The number of nitrogens with one attached hydrogen (secondary N) is 1. The van der Waals surface area contributed by atoms with E-state index in [-0.39, 0.29) is 12.1 Å². The Balaban J connectivity index is 3.60. The molecule has 0 aliphatic rings. The molecule has 1 amide bonds. The van der Waals surface area contributed by atoms with Gasteiger partial charge >= 0.3 is 6.09 Å². The van der Waals surface area contributed by atoms with Crippen molar-refractivity contribution < 1.29 is 9.53 Å². The number of carbonyl (C=O) groups excluding carboxylic acids is 1. The van der Waals surface area contributed by atoms with Crippen LogP contribution in [-0.4, -0.2) is 17.7 Å². The van der Waals surface area contributed by atoms with E-state index in [0.29, 0.717) is 0 Å². The fraction of sp³-hybridized carbons (Fsp3) is 0.786. The molecule has 0 aromatic carbocycles. The molecule has 0 aromatic rings. The van der Waals surface area contributed by atoms with Crippen LogP contribution in [0.25, 0.3) is 0 Å². The third-order valence-electron chi connectivity index (χ3n) is 2.31. The number of amides is 1. The van der Waals surface area contributed by atoms with E-state index in [0.717, 1.165) is 19.3 Å². The molecule has 0 unspecified atom stereocenters. The molecule has 17 heavy (non-hydrogen) atoms. The molecule has 0 radical (unpaired) electrons. The van der Waals surface area contributed by atoms with Crippen LogP contribution in [0.5, 0.6) is 0 Å². The molecule has 0 rings (SSSR count). The van der Waals surface area contributed by atoms with Crippen LogP contribution in [0.3, 0.4) is 0 Å². The second-order valence-electron chi connectivity index (χ2n) is 5.47. The Morgan fingerprint density at radius 2 is 2.00 bits per heavy atom. The lowest BCUT2D eigenvalue weighted by atomic mass is 10.1. The lowest BCUT2D eigenvalue weighted by Crippen LogP contribution is -2.37. The number of carbonyl (C=O) groups is 1. The highest BCUT2D eigenvalue weighted by Crippen LogP contribution is 2.09. The molecule has 0 saturated carbocycles. The molecule has 3 heteroatoms. The fourth-order valence-electron chi connectivity index (χ4n) is 1.50. The summed E-state index contributed by atoms with van der Waals surface area (Å²) in [5.41, 5.74) is -0.423. The van der Waals surface area contributed by atoms with Crippen molar-refractivity contribution in [3.8, 4) is 0 Å². The SMILES string of the molecule is C=CCCCCC[C@@H](C)NC(=O)OC(C)(C)C. The third kappa shape index (κ3) is 11.3. The monoisotopic (exact) mass is 241 g/mol. The van der Waals surface area contributed by atoms with Gasteiger partial charge in [-0.25, -0.2) is 4.79 Å². The Morgan fingerprint density at radius 1 is 1.35 bits per heavy atom. The van der Waals surface area contributed by atoms with Gasteiger partial charge in [0.05, 0.1) is 0 Å². The second kappa shape index (κ2) is 8.15. The van der Waals surface area contributed by atoms with Crippen LogP contribution >= 0.6 is 0 Å². The number of unbranched alkanes of at least 4 members (excludes halogenated alkanes) is 3. The Hall–Kier alpha value is -0.990. The van der Waals surface area contributed by atoms with E-state index in [4.69, 9.17) is 4.74 Å². The first kappa shape index (κ1) is 16.0. The number of rotatable bonds is 7. The highest BCUT2D eigenvalue weighted by Gasteiger charge is 2.17. The quantitative estimate of drug-likeness (QED) is 0.539. The first-order valence-electron chi connectivity index (χ1n) is 6.45. The maximum atomic E-state index is 11.5. The molecule has 0 bridgehead atoms. The van der Waals surface area contributed by atoms with Gasteiger partial charge in [-0.05, 0) is 47.0 Å². The van der Waals surface area contributed by atoms with Gasteiger partial charge in [0, 0.05) is 6.04 Å². The molecule has 0 fully saturated rings. The van der Waals surface area contributed by atoms with Gasteiger partial charge in [-0.2, -0.15) is 0 Å². The molecule has 0 aliphatic heterocycles. The summed E-state index contributed by atoms with van der Waals surface area (Å²) < 4.78 is 5.19. The van der Waals surface area contributed by atoms with Gasteiger partial charge in [0.1, 0.15) is 5.60 Å². The predicted molar refractivity (Wildman–Crippen MR) is 72.1 cm³/mol. The van der Waals surface area contributed by atoms with E-state index >= 15 is 0 Å². The van der Waals surface area contributed by atoms with Gasteiger partial charge < -0.3 is 10.1 Å². The highest BCUT2D eigenvalue weighted by atomic mass is 16.6. The molecule has 1 N–H and O–H groups in total. The van der Waals surface area contributed by atoms with Crippen LogP contribution in [0.2, 0.25) is 0 Å². The summed E-state index contributed by atoms with van der Waals surface area (Å²) in [5.74, 6) is 0. The van der Waals surface area contributed by atoms with Crippen molar-refractivity contribution in [2.24, 2.45) is 0 Å². The Bertz CT molecular complexity index is 231. The number of ether oxygens (including phenoxy) is 1. The second-order valence-corrected chi connectivity index (χ2v) is 5.47. The minimum absolute atomic E-state index is 0.175. The normalized spacial score (nSPS) is 12.9. The van der Waals surface area contributed by atoms with Gasteiger partial charge in [0.25, 0.3) is 0 Å². The van der Waals surface area contributed by atoms with Crippen molar-refractivity contribution in [3.63, 3.8) is 0 Å². The van der Waals surface area contributed by atoms with Gasteiger partial charge in [-0.15, -0.1) is 6.58 Å². The zero-order chi connectivity index (χ0) is 13.3. The van der Waals surface area contributed by atoms with E-state index < -0.39 is 5.60 Å². The zero-order valence-electron chi connectivity index (χ0n) is 11.7. The Labute approximate surface area is 106 Å². The molecule has 0 heterocycles. The Kier molecular flexibility index (Phi) is 7.68. The first-order valence-corrected chi connectivity index (χ1v) is 6.45. The van der Waals surface area contributed by atoms with Gasteiger partial charge in [-0.1, -0.05) is 18.9 Å². The minimum Gasteiger partial charge on any atom is -0.444 e. The lowest BCUT2D eigenvalue weighted by molar-refractivity contribution is 0.0506. The van der Waals surface area contributed by atoms with E-state index in [2.05, 4.69) is 11.9 Å². The fourth-order valence-corrected chi connectivity index (χ4v) is 1.50. The first-order chi connectivity index (χ1) is 7.85. The average Bonchev–Trinajstić information content (AvgIpc) is 2.14. The molecular formula is C14H27NO2. The van der Waals surface area contributed by atoms with Crippen LogP contribution in [0, 0.1) is 0 Å². The summed E-state index contributed by atoms with van der Waals surface area (Å²) in [5, 5.41) is 2.85. The number of alkyl carbamates (subject to hydrolysis) is 1. The molecule has 3 nitrogen and oxygen atoms in total. The van der Waals surface area contributed by atoms with Crippen LogP contribution in [0.4, 0.5) is 4.79 Å². The highest BCUT2D eigenvalue weighted by molar-refractivity contribution is 5.67. The van der Waals surface area contributed by atoms with Crippen molar-refractivity contribution in [2.45, 2.75) is 71.4 Å². The minimum atomic E-state index is -0.423. The van der Waals surface area contributed by atoms with Crippen LogP contribution in [0.15, 0.2) is 12.7 Å². The maximum Gasteiger partial charge on any atom is 0.407 e. The molecule has 1 atom stereocenters. The molecule has 100 valence electrons. The zero-order valence-corrected chi connectivity index (χ0v) is 11.7. The van der Waals surface area contributed by atoms with E-state index in [1.807, 2.05) is 33.8 Å². The van der Waals surface area contributed by atoms with Gasteiger partial charge in [-0.3, -0.25) is 0 Å². The molecular weight excluding hydrogens is 214 g/mol. The summed E-state index contributed by atoms with van der Waals surface area (Å²) in [6, 6.07) is 0.175. The van der Waals surface area contributed by atoms with Crippen molar-refractivity contribution in [1.82, 2.24) is 5.32 Å². The van der Waals surface area contributed by atoms with E-state index in [1.54, 1.807) is 0 Å². The van der Waals surface area contributed by atoms with Crippen LogP contribution < -0.4 is 5.32 Å². The number of allylic oxidation sites excluding steroid dienone is 1. The third-order valence-corrected chi connectivity index (χ3v) is 2.31. The number of hydrogen-bond acceptors (Lipinski definition) is 2. The average molecular weight is 241 g/mol. The molecule has 0 saturated heterocycles. The largest absolute Gasteiger partial charge is 0.444 e. The van der Waals surface area contributed by atoms with Crippen LogP contribution in [0.1, 0.15) is 59.8 Å². The summed E-state index contributed by atoms with van der Waals surface area (Å²) in [6.45, 7) is 11.3. The van der Waals surface area contributed by atoms with E-state index in [9.17, 15) is 4.79 Å². The summed E-state index contributed by atoms with van der Waals surface area (Å²) in [7, 11) is 0. The topological polar surface area (TPSA) is 38.3 Å². The van der Waals surface area contributed by atoms with Crippen molar-refractivity contribution in [2.75, 3.05) is 0 Å². The van der Waals surface area contributed by atoms with Crippen molar-refractivity contribution in [3.05, 3.63) is 12.7 Å².